The van der Waals surface area contributed by atoms with E-state index in [-0.39, 0.29) is 0 Å². The van der Waals surface area contributed by atoms with E-state index >= 15 is 0 Å². The highest BCUT2D eigenvalue weighted by molar-refractivity contribution is 5.74. The summed E-state index contributed by atoms with van der Waals surface area (Å²) in [6, 6.07) is 0. The van der Waals surface area contributed by atoms with Gasteiger partial charge in [-0.2, -0.15) is 0 Å². The SMILES string of the molecule is Cc1noc(N)c1C1=CCC(C)CC1. The molecular formula is C11H16N2O. The summed E-state index contributed by atoms with van der Waals surface area (Å²) in [5, 5.41) is 3.87. The van der Waals surface area contributed by atoms with Crippen molar-refractivity contribution >= 4 is 11.5 Å². The van der Waals surface area contributed by atoms with Crippen LogP contribution in [-0.2, 0) is 0 Å². The number of nitrogens with zero attached hydrogens (tertiary/aromatic N) is 1. The van der Waals surface area contributed by atoms with Gasteiger partial charge in [0.2, 0.25) is 5.88 Å². The number of aryl methyl sites for hydroxylation is 1. The predicted molar refractivity (Wildman–Crippen MR) is 56.6 cm³/mol. The fourth-order valence-electron chi connectivity index (χ4n) is 1.97. The Morgan fingerprint density at radius 3 is 2.86 bits per heavy atom. The van der Waals surface area contributed by atoms with Crippen LogP contribution < -0.4 is 5.73 Å². The first-order chi connectivity index (χ1) is 6.68. The zero-order valence-electron chi connectivity index (χ0n) is 8.71. The first-order valence-corrected chi connectivity index (χ1v) is 5.09. The van der Waals surface area contributed by atoms with Gasteiger partial charge in [-0.1, -0.05) is 18.2 Å². The molecule has 1 aromatic rings. The summed E-state index contributed by atoms with van der Waals surface area (Å²) in [7, 11) is 0. The second-order valence-corrected chi connectivity index (χ2v) is 4.12. The Kier molecular flexibility index (Phi) is 2.32. The van der Waals surface area contributed by atoms with Crippen LogP contribution in [0.1, 0.15) is 37.4 Å². The monoisotopic (exact) mass is 192 g/mol. The lowest BCUT2D eigenvalue weighted by atomic mass is 9.88. The Bertz CT molecular complexity index is 346. The Balaban J connectivity index is 2.32. The molecule has 0 aromatic carbocycles. The number of hydrogen-bond donors (Lipinski definition) is 1. The van der Waals surface area contributed by atoms with E-state index in [1.807, 2.05) is 6.92 Å². The summed E-state index contributed by atoms with van der Waals surface area (Å²) in [6.07, 6.45) is 5.73. The van der Waals surface area contributed by atoms with Crippen LogP contribution in [0, 0.1) is 12.8 Å². The third kappa shape index (κ3) is 1.54. The van der Waals surface area contributed by atoms with E-state index in [9.17, 15) is 0 Å². The van der Waals surface area contributed by atoms with Gasteiger partial charge in [-0.25, -0.2) is 0 Å². The van der Waals surface area contributed by atoms with Crippen molar-refractivity contribution in [2.24, 2.45) is 5.92 Å². The molecule has 1 heterocycles. The van der Waals surface area contributed by atoms with Gasteiger partial charge in [-0.3, -0.25) is 0 Å². The average molecular weight is 192 g/mol. The fraction of sp³-hybridized carbons (Fsp3) is 0.545. The Labute approximate surface area is 84.0 Å². The van der Waals surface area contributed by atoms with E-state index in [0.717, 1.165) is 30.0 Å². The first kappa shape index (κ1) is 9.31. The Morgan fingerprint density at radius 1 is 1.57 bits per heavy atom. The number of hydrogen-bond acceptors (Lipinski definition) is 3. The van der Waals surface area contributed by atoms with Gasteiger partial charge in [0.1, 0.15) is 0 Å². The van der Waals surface area contributed by atoms with E-state index in [1.54, 1.807) is 0 Å². The largest absolute Gasteiger partial charge is 0.367 e. The molecule has 0 saturated heterocycles. The molecule has 2 N–H and O–H groups in total. The van der Waals surface area contributed by atoms with Crippen LogP contribution in [0.5, 0.6) is 0 Å². The van der Waals surface area contributed by atoms with Crippen molar-refractivity contribution in [1.82, 2.24) is 5.16 Å². The topological polar surface area (TPSA) is 52.0 Å². The van der Waals surface area contributed by atoms with E-state index in [4.69, 9.17) is 10.3 Å². The number of allylic oxidation sites excluding steroid dienone is 2. The third-order valence-electron chi connectivity index (χ3n) is 2.88. The van der Waals surface area contributed by atoms with Gasteiger partial charge in [0.25, 0.3) is 0 Å². The highest BCUT2D eigenvalue weighted by atomic mass is 16.5. The van der Waals surface area contributed by atoms with Gasteiger partial charge >= 0.3 is 0 Å². The molecule has 1 aliphatic carbocycles. The Hall–Kier alpha value is -1.25. The van der Waals surface area contributed by atoms with Crippen molar-refractivity contribution in [3.8, 4) is 0 Å². The van der Waals surface area contributed by atoms with E-state index < -0.39 is 0 Å². The third-order valence-corrected chi connectivity index (χ3v) is 2.88. The lowest BCUT2D eigenvalue weighted by molar-refractivity contribution is 0.431. The number of nitrogens with two attached hydrogens (primary N) is 1. The van der Waals surface area contributed by atoms with Crippen LogP contribution in [0.25, 0.3) is 5.57 Å². The summed E-state index contributed by atoms with van der Waals surface area (Å²) in [4.78, 5) is 0. The molecule has 0 spiro atoms. The van der Waals surface area contributed by atoms with Gasteiger partial charge in [-0.05, 0) is 37.7 Å². The number of aromatic nitrogens is 1. The van der Waals surface area contributed by atoms with Crippen molar-refractivity contribution in [2.45, 2.75) is 33.1 Å². The van der Waals surface area contributed by atoms with E-state index in [0.29, 0.717) is 5.88 Å². The molecule has 3 nitrogen and oxygen atoms in total. The molecule has 0 saturated carbocycles. The maximum atomic E-state index is 5.74. The summed E-state index contributed by atoms with van der Waals surface area (Å²) < 4.78 is 4.96. The maximum Gasteiger partial charge on any atom is 0.229 e. The lowest BCUT2D eigenvalue weighted by Gasteiger charge is -2.17. The second kappa shape index (κ2) is 3.48. The molecule has 1 atom stereocenters. The maximum absolute atomic E-state index is 5.74. The van der Waals surface area contributed by atoms with Gasteiger partial charge in [0, 0.05) is 0 Å². The van der Waals surface area contributed by atoms with Crippen LogP contribution in [0.4, 0.5) is 5.88 Å². The summed E-state index contributed by atoms with van der Waals surface area (Å²) in [5.41, 5.74) is 8.97. The zero-order valence-corrected chi connectivity index (χ0v) is 8.71. The first-order valence-electron chi connectivity index (χ1n) is 5.09. The minimum absolute atomic E-state index is 0.461. The molecule has 1 aliphatic rings. The zero-order chi connectivity index (χ0) is 10.1. The van der Waals surface area contributed by atoms with Crippen molar-refractivity contribution in [1.29, 1.82) is 0 Å². The van der Waals surface area contributed by atoms with Crippen molar-refractivity contribution in [3.05, 3.63) is 17.3 Å². The van der Waals surface area contributed by atoms with Crippen LogP contribution in [0.3, 0.4) is 0 Å². The van der Waals surface area contributed by atoms with Crippen LogP contribution in [0.15, 0.2) is 10.6 Å². The molecule has 3 heteroatoms. The molecule has 0 amide bonds. The van der Waals surface area contributed by atoms with Gasteiger partial charge in [0.05, 0.1) is 11.3 Å². The minimum Gasteiger partial charge on any atom is -0.367 e. The quantitative estimate of drug-likeness (QED) is 0.744. The molecular weight excluding hydrogens is 176 g/mol. The average Bonchev–Trinajstić information content (AvgIpc) is 2.49. The highest BCUT2D eigenvalue weighted by Crippen LogP contribution is 2.34. The van der Waals surface area contributed by atoms with Crippen molar-refractivity contribution < 1.29 is 4.52 Å². The highest BCUT2D eigenvalue weighted by Gasteiger charge is 2.18. The van der Waals surface area contributed by atoms with E-state index in [1.165, 1.54) is 12.0 Å². The Morgan fingerprint density at radius 2 is 2.36 bits per heavy atom. The fourth-order valence-corrected chi connectivity index (χ4v) is 1.97. The molecule has 1 unspecified atom stereocenters. The van der Waals surface area contributed by atoms with Gasteiger partial charge in [-0.15, -0.1) is 0 Å². The lowest BCUT2D eigenvalue weighted by Crippen LogP contribution is -2.02. The number of nitrogen functional groups attached to an aromatic ring is 1. The van der Waals surface area contributed by atoms with Crippen LogP contribution in [-0.4, -0.2) is 5.16 Å². The van der Waals surface area contributed by atoms with Crippen molar-refractivity contribution in [2.75, 3.05) is 5.73 Å². The summed E-state index contributed by atoms with van der Waals surface area (Å²) in [6.45, 7) is 4.21. The standard InChI is InChI=1S/C11H16N2O/c1-7-3-5-9(6-4-7)10-8(2)13-14-11(10)12/h5,7H,3-4,6,12H2,1-2H3. The van der Waals surface area contributed by atoms with Crippen molar-refractivity contribution in [3.63, 3.8) is 0 Å². The van der Waals surface area contributed by atoms with Crippen LogP contribution in [0.2, 0.25) is 0 Å². The molecule has 14 heavy (non-hydrogen) atoms. The molecule has 0 aliphatic heterocycles. The molecule has 76 valence electrons. The molecule has 2 rings (SSSR count). The smallest absolute Gasteiger partial charge is 0.229 e. The van der Waals surface area contributed by atoms with Gasteiger partial charge in [0.15, 0.2) is 0 Å². The number of anilines is 1. The number of rotatable bonds is 1. The normalized spacial score (nSPS) is 22.1. The molecule has 0 fully saturated rings. The molecule has 1 aromatic heterocycles. The predicted octanol–water partition coefficient (Wildman–Crippen LogP) is 2.77. The second-order valence-electron chi connectivity index (χ2n) is 4.12. The summed E-state index contributed by atoms with van der Waals surface area (Å²) in [5.74, 6) is 1.25. The minimum atomic E-state index is 0.461. The molecule has 0 radical (unpaired) electrons. The van der Waals surface area contributed by atoms with E-state index in [2.05, 4.69) is 18.2 Å². The van der Waals surface area contributed by atoms with Gasteiger partial charge < -0.3 is 10.3 Å². The van der Waals surface area contributed by atoms with Crippen LogP contribution >= 0.6 is 0 Å². The summed E-state index contributed by atoms with van der Waals surface area (Å²) >= 11 is 0. The molecule has 0 bridgehead atoms.